The van der Waals surface area contributed by atoms with Crippen LogP contribution in [0.15, 0.2) is 108 Å². The van der Waals surface area contributed by atoms with Gasteiger partial charge in [0.25, 0.3) is 0 Å². The van der Waals surface area contributed by atoms with Gasteiger partial charge in [-0.2, -0.15) is 6.08 Å². The Hall–Kier alpha value is -2.64. The first kappa shape index (κ1) is 49.5. The fourth-order valence-electron chi connectivity index (χ4n) is 6.47. The Morgan fingerprint density at radius 3 is 1.30 bits per heavy atom. The van der Waals surface area contributed by atoms with Crippen molar-refractivity contribution in [2.45, 2.75) is 98.2 Å². The molecule has 0 bridgehead atoms. The van der Waals surface area contributed by atoms with E-state index in [9.17, 15) is 26.3 Å². The largest absolute Gasteiger partial charge is 1.00 e. The Kier molecular flexibility index (Phi) is 16.4. The zero-order valence-electron chi connectivity index (χ0n) is 33.8. The van der Waals surface area contributed by atoms with E-state index < -0.39 is 31.6 Å². The molecule has 0 aliphatic heterocycles. The standard InChI is InChI=1S/C21H25.C15H8F6.C10H17Si.2ClH.Zr/c1-20(2,3)16-7-9-18-14(12-16)11-15-13-17(21(4,5)6)8-10-19(15)18;16-14(17,18)12-5-1-3-10(8-12)7-11-4-2-6-13(9-11)15(19,20)21;1-8-6-9(2)10(7-8)11(3,4)5;;;/h7-13H,1-6H3;1-6,8-9H;7-8H,1-5H3;2*1H;/q-1;;-1;;;+2/p-2. The minimum absolute atomic E-state index is 0. The van der Waals surface area contributed by atoms with Gasteiger partial charge in [-0.05, 0) is 18.9 Å². The van der Waals surface area contributed by atoms with Crippen LogP contribution in [0.3, 0.4) is 0 Å². The molecule has 0 amide bonds. The summed E-state index contributed by atoms with van der Waals surface area (Å²) < 4.78 is 76.7. The zero-order chi connectivity index (χ0) is 40.6. The average molecular weight is 907 g/mol. The molecule has 56 heavy (non-hydrogen) atoms. The van der Waals surface area contributed by atoms with Crippen LogP contribution in [0.5, 0.6) is 0 Å². The van der Waals surface area contributed by atoms with Gasteiger partial charge in [0.15, 0.2) is 0 Å². The summed E-state index contributed by atoms with van der Waals surface area (Å²) >= 11 is 0.729. The van der Waals surface area contributed by atoms with E-state index in [1.807, 2.05) is 0 Å². The first-order chi connectivity index (χ1) is 24.7. The van der Waals surface area contributed by atoms with Crippen molar-refractivity contribution in [3.8, 4) is 0 Å². The molecule has 1 aliphatic carbocycles. The van der Waals surface area contributed by atoms with E-state index in [0.29, 0.717) is 9.12 Å². The number of halogens is 8. The molecular weight excluding hydrogens is 857 g/mol. The van der Waals surface area contributed by atoms with Crippen molar-refractivity contribution >= 4 is 32.8 Å². The molecule has 1 atom stereocenters. The van der Waals surface area contributed by atoms with Crippen LogP contribution in [0.2, 0.25) is 19.6 Å². The van der Waals surface area contributed by atoms with Crippen molar-refractivity contribution in [2.24, 2.45) is 5.92 Å². The molecule has 0 aromatic heterocycles. The minimum Gasteiger partial charge on any atom is -1.00 e. The van der Waals surface area contributed by atoms with Gasteiger partial charge in [0.05, 0.1) is 0 Å². The van der Waals surface area contributed by atoms with Crippen LogP contribution in [-0.2, 0) is 47.4 Å². The van der Waals surface area contributed by atoms with Gasteiger partial charge in [-0.25, -0.2) is 10.8 Å². The summed E-state index contributed by atoms with van der Waals surface area (Å²) in [6, 6.07) is 25.3. The summed E-state index contributed by atoms with van der Waals surface area (Å²) in [5, 5.41) is 7.08. The van der Waals surface area contributed by atoms with Gasteiger partial charge < -0.3 is 24.8 Å². The van der Waals surface area contributed by atoms with Gasteiger partial charge in [-0.1, -0.05) is 116 Å². The van der Waals surface area contributed by atoms with Crippen LogP contribution in [0.1, 0.15) is 88.8 Å². The van der Waals surface area contributed by atoms with Crippen molar-refractivity contribution in [3.63, 3.8) is 0 Å². The molecule has 0 fully saturated rings. The van der Waals surface area contributed by atoms with Crippen molar-refractivity contribution < 1.29 is 75.4 Å². The molecule has 6 rings (SSSR count). The Morgan fingerprint density at radius 2 is 1.02 bits per heavy atom. The second-order valence-electron chi connectivity index (χ2n) is 17.2. The van der Waals surface area contributed by atoms with E-state index in [1.165, 1.54) is 62.5 Å². The number of alkyl halides is 6. The predicted octanol–water partition coefficient (Wildman–Crippen LogP) is 8.34. The number of allylic oxidation sites excluding steroid dienone is 4. The van der Waals surface area contributed by atoms with Gasteiger partial charge in [-0.3, -0.25) is 6.08 Å². The SMILES string of the molecule is CC(C)(C)c1ccc2c(c1)[cH-]c1cc(C(C)(C)C)ccc12.CC1=[C-]C(C)C=C1[Si](C)(C)C.FC(F)(F)c1cccc([C](=[Zr+2])c2cccc(C(F)(F)F)c2)c1.[Cl-].[Cl-]. The third kappa shape index (κ3) is 12.7. The summed E-state index contributed by atoms with van der Waals surface area (Å²) in [7, 11) is -1.07. The topological polar surface area (TPSA) is 0 Å². The summed E-state index contributed by atoms with van der Waals surface area (Å²) in [6.07, 6.45) is -3.16. The van der Waals surface area contributed by atoms with Crippen LogP contribution in [-0.4, -0.2) is 11.3 Å². The fourth-order valence-corrected chi connectivity index (χ4v) is 9.18. The van der Waals surface area contributed by atoms with E-state index in [0.717, 1.165) is 48.5 Å². The molecule has 1 unspecified atom stereocenters. The first-order valence-corrected chi connectivity index (χ1v) is 22.8. The predicted molar refractivity (Wildman–Crippen MR) is 214 cm³/mol. The van der Waals surface area contributed by atoms with Gasteiger partial charge in [0.1, 0.15) is 0 Å². The normalized spacial score (nSPS) is 14.7. The van der Waals surface area contributed by atoms with E-state index in [1.54, 1.807) is 5.20 Å². The van der Waals surface area contributed by atoms with Gasteiger partial charge in [-0.15, -0.1) is 39.7 Å². The molecule has 5 aromatic carbocycles. The summed E-state index contributed by atoms with van der Waals surface area (Å²) in [6.45, 7) is 25.2. The number of hydrogen-bond donors (Lipinski definition) is 0. The summed E-state index contributed by atoms with van der Waals surface area (Å²) in [4.78, 5) is 0. The quantitative estimate of drug-likeness (QED) is 0.0972. The molecule has 10 heteroatoms. The molecular formula is C46H50Cl2F6SiZr-2. The third-order valence-electron chi connectivity index (χ3n) is 9.47. The maximum atomic E-state index is 12.7. The van der Waals surface area contributed by atoms with E-state index in [2.05, 4.69) is 130 Å². The summed E-state index contributed by atoms with van der Waals surface area (Å²) in [5.74, 6) is 0.553. The maximum absolute atomic E-state index is 12.7. The van der Waals surface area contributed by atoms with Crippen LogP contribution in [0, 0.1) is 12.0 Å². The van der Waals surface area contributed by atoms with Crippen LogP contribution in [0.4, 0.5) is 26.3 Å². The van der Waals surface area contributed by atoms with E-state index >= 15 is 0 Å². The van der Waals surface area contributed by atoms with Crippen molar-refractivity contribution in [2.75, 3.05) is 0 Å². The summed E-state index contributed by atoms with van der Waals surface area (Å²) in [5.41, 5.74) is 3.51. The zero-order valence-corrected chi connectivity index (χ0v) is 38.8. The Bertz CT molecular complexity index is 2080. The Labute approximate surface area is 357 Å². The Balaban J connectivity index is 0.000000300. The average Bonchev–Trinajstić information content (AvgIpc) is 3.61. The second-order valence-corrected chi connectivity index (χ2v) is 23.4. The Morgan fingerprint density at radius 1 is 0.625 bits per heavy atom. The third-order valence-corrected chi connectivity index (χ3v) is 13.0. The number of rotatable bonds is 3. The second kappa shape index (κ2) is 18.5. The molecule has 0 heterocycles. The molecule has 1 aliphatic rings. The van der Waals surface area contributed by atoms with Crippen molar-refractivity contribution in [1.82, 2.24) is 0 Å². The molecule has 0 saturated heterocycles. The molecule has 0 nitrogen and oxygen atoms in total. The van der Waals surface area contributed by atoms with Gasteiger partial charge in [0, 0.05) is 0 Å². The monoisotopic (exact) mass is 904 g/mol. The number of fused-ring (bicyclic) bond motifs is 3. The fraction of sp³-hybridized carbons (Fsp3) is 0.348. The first-order valence-electron chi connectivity index (χ1n) is 18.1. The minimum atomic E-state index is -4.49. The smallest absolute Gasteiger partial charge is 1.00 e. The van der Waals surface area contributed by atoms with Crippen LogP contribution in [0.25, 0.3) is 21.5 Å². The van der Waals surface area contributed by atoms with Gasteiger partial charge in [0.2, 0.25) is 0 Å². The van der Waals surface area contributed by atoms with Crippen molar-refractivity contribution in [3.05, 3.63) is 147 Å². The van der Waals surface area contributed by atoms with E-state index in [4.69, 9.17) is 0 Å². The van der Waals surface area contributed by atoms with E-state index in [-0.39, 0.29) is 46.8 Å². The van der Waals surface area contributed by atoms with Crippen molar-refractivity contribution in [1.29, 1.82) is 0 Å². The van der Waals surface area contributed by atoms with Crippen LogP contribution >= 0.6 is 0 Å². The molecule has 0 radical (unpaired) electrons. The molecule has 0 N–H and O–H groups in total. The molecule has 5 aromatic rings. The molecule has 0 saturated carbocycles. The molecule has 300 valence electrons. The number of benzene rings is 4. The molecule has 0 spiro atoms. The maximum Gasteiger partial charge on any atom is -1.00 e. The number of hydrogen-bond acceptors (Lipinski definition) is 0. The van der Waals surface area contributed by atoms with Crippen LogP contribution < -0.4 is 24.8 Å². The van der Waals surface area contributed by atoms with Gasteiger partial charge >= 0.3 is 137 Å².